The van der Waals surface area contributed by atoms with Crippen LogP contribution in [0.1, 0.15) is 24.9 Å². The van der Waals surface area contributed by atoms with Gasteiger partial charge in [0, 0.05) is 11.4 Å². The summed E-state index contributed by atoms with van der Waals surface area (Å²) in [5.41, 5.74) is 1.61. The van der Waals surface area contributed by atoms with Crippen LogP contribution in [-0.4, -0.2) is 11.8 Å². The number of anilines is 1. The number of benzene rings is 2. The van der Waals surface area contributed by atoms with Crippen LogP contribution in [0, 0.1) is 0 Å². The molecule has 0 saturated heterocycles. The van der Waals surface area contributed by atoms with E-state index >= 15 is 0 Å². The highest BCUT2D eigenvalue weighted by molar-refractivity contribution is 9.10. The maximum atomic E-state index is 12.2. The minimum atomic E-state index is -0.346. The van der Waals surface area contributed by atoms with E-state index in [1.165, 1.54) is 6.92 Å². The van der Waals surface area contributed by atoms with Gasteiger partial charge in [0.15, 0.2) is 0 Å². The zero-order chi connectivity index (χ0) is 15.9. The molecule has 0 radical (unpaired) electrons. The van der Waals surface area contributed by atoms with Crippen molar-refractivity contribution >= 4 is 33.4 Å². The summed E-state index contributed by atoms with van der Waals surface area (Å²) in [6.45, 7) is 1.45. The van der Waals surface area contributed by atoms with Crippen LogP contribution in [0.5, 0.6) is 0 Å². The Morgan fingerprint density at radius 2 is 1.68 bits per heavy atom. The number of hydrogen-bond donors (Lipinski definition) is 2. The van der Waals surface area contributed by atoms with Gasteiger partial charge in [-0.1, -0.05) is 42.5 Å². The Labute approximate surface area is 138 Å². The van der Waals surface area contributed by atoms with Crippen LogP contribution in [0.15, 0.2) is 59.1 Å². The third-order valence-corrected chi connectivity index (χ3v) is 3.81. The summed E-state index contributed by atoms with van der Waals surface area (Å²) in [5, 5.41) is 5.66. The fourth-order valence-corrected chi connectivity index (χ4v) is 2.52. The van der Waals surface area contributed by atoms with E-state index in [9.17, 15) is 9.59 Å². The van der Waals surface area contributed by atoms with Crippen molar-refractivity contribution in [2.45, 2.75) is 19.4 Å². The first-order chi connectivity index (χ1) is 10.6. The summed E-state index contributed by atoms with van der Waals surface area (Å²) in [4.78, 5) is 23.6. The first-order valence-corrected chi connectivity index (χ1v) is 7.72. The molecule has 0 unspecified atom stereocenters. The highest BCUT2D eigenvalue weighted by Gasteiger charge is 2.17. The molecule has 2 aromatic rings. The van der Waals surface area contributed by atoms with Crippen LogP contribution in [-0.2, 0) is 9.59 Å². The second kappa shape index (κ2) is 7.75. The molecule has 2 rings (SSSR count). The fourth-order valence-electron chi connectivity index (χ4n) is 2.13. The smallest absolute Gasteiger partial charge is 0.226 e. The maximum absolute atomic E-state index is 12.2. The predicted molar refractivity (Wildman–Crippen MR) is 90.4 cm³/mol. The number of para-hydroxylation sites is 1. The molecule has 0 aliphatic heterocycles. The van der Waals surface area contributed by atoms with Gasteiger partial charge in [-0.2, -0.15) is 0 Å². The van der Waals surface area contributed by atoms with Crippen LogP contribution in [0.25, 0.3) is 0 Å². The molecule has 0 fully saturated rings. The second-order valence-electron chi connectivity index (χ2n) is 4.90. The highest BCUT2D eigenvalue weighted by Crippen LogP contribution is 2.23. The molecule has 5 heteroatoms. The lowest BCUT2D eigenvalue weighted by molar-refractivity contribution is -0.120. The molecule has 0 aliphatic rings. The molecule has 22 heavy (non-hydrogen) atoms. The summed E-state index contributed by atoms with van der Waals surface area (Å²) in [6, 6.07) is 16.5. The van der Waals surface area contributed by atoms with E-state index in [-0.39, 0.29) is 24.3 Å². The zero-order valence-electron chi connectivity index (χ0n) is 12.2. The van der Waals surface area contributed by atoms with Gasteiger partial charge in [-0.3, -0.25) is 9.59 Å². The van der Waals surface area contributed by atoms with Crippen molar-refractivity contribution in [3.63, 3.8) is 0 Å². The SMILES string of the molecule is CC(=O)N[C@H](CC(=O)Nc1ccccc1Br)c1ccccc1. The van der Waals surface area contributed by atoms with E-state index < -0.39 is 0 Å². The van der Waals surface area contributed by atoms with Gasteiger partial charge in [-0.15, -0.1) is 0 Å². The minimum Gasteiger partial charge on any atom is -0.349 e. The maximum Gasteiger partial charge on any atom is 0.226 e. The summed E-state index contributed by atoms with van der Waals surface area (Å²) in [6.07, 6.45) is 0.172. The number of rotatable bonds is 5. The summed E-state index contributed by atoms with van der Waals surface area (Å²) in [7, 11) is 0. The van der Waals surface area contributed by atoms with Crippen molar-refractivity contribution < 1.29 is 9.59 Å². The van der Waals surface area contributed by atoms with Crippen molar-refractivity contribution in [1.82, 2.24) is 5.32 Å². The summed E-state index contributed by atoms with van der Waals surface area (Å²) in [5.74, 6) is -0.322. The molecule has 0 aliphatic carbocycles. The first-order valence-electron chi connectivity index (χ1n) is 6.92. The third kappa shape index (κ3) is 4.70. The van der Waals surface area contributed by atoms with Gasteiger partial charge in [0.1, 0.15) is 0 Å². The number of nitrogens with one attached hydrogen (secondary N) is 2. The molecule has 4 nitrogen and oxygen atoms in total. The van der Waals surface area contributed by atoms with Crippen molar-refractivity contribution in [1.29, 1.82) is 0 Å². The van der Waals surface area contributed by atoms with Crippen molar-refractivity contribution in [2.75, 3.05) is 5.32 Å². The normalized spacial score (nSPS) is 11.5. The Bertz CT molecular complexity index is 659. The van der Waals surface area contributed by atoms with E-state index in [4.69, 9.17) is 0 Å². The number of amides is 2. The van der Waals surface area contributed by atoms with Gasteiger partial charge in [-0.25, -0.2) is 0 Å². The van der Waals surface area contributed by atoms with Crippen molar-refractivity contribution in [3.05, 3.63) is 64.6 Å². The van der Waals surface area contributed by atoms with Crippen molar-refractivity contribution in [2.24, 2.45) is 0 Å². The van der Waals surface area contributed by atoms with Gasteiger partial charge < -0.3 is 10.6 Å². The highest BCUT2D eigenvalue weighted by atomic mass is 79.9. The first kappa shape index (κ1) is 16.2. The zero-order valence-corrected chi connectivity index (χ0v) is 13.8. The molecular formula is C17H17BrN2O2. The average Bonchev–Trinajstić information content (AvgIpc) is 2.49. The van der Waals surface area contributed by atoms with Gasteiger partial charge >= 0.3 is 0 Å². The van der Waals surface area contributed by atoms with Crippen LogP contribution in [0.2, 0.25) is 0 Å². The molecule has 0 saturated carbocycles. The third-order valence-electron chi connectivity index (χ3n) is 3.12. The fraction of sp³-hybridized carbons (Fsp3) is 0.176. The number of halogens is 1. The van der Waals surface area contributed by atoms with Gasteiger partial charge in [-0.05, 0) is 33.6 Å². The quantitative estimate of drug-likeness (QED) is 0.854. The van der Waals surface area contributed by atoms with Gasteiger partial charge in [0.2, 0.25) is 11.8 Å². The minimum absolute atomic E-state index is 0.158. The Morgan fingerprint density at radius 3 is 2.32 bits per heavy atom. The lowest BCUT2D eigenvalue weighted by Gasteiger charge is -2.18. The molecule has 2 amide bonds. The molecule has 0 heterocycles. The monoisotopic (exact) mass is 360 g/mol. The van der Waals surface area contributed by atoms with Crippen LogP contribution in [0.3, 0.4) is 0 Å². The van der Waals surface area contributed by atoms with Crippen LogP contribution in [0.4, 0.5) is 5.69 Å². The Balaban J connectivity index is 2.08. The van der Waals surface area contributed by atoms with E-state index in [1.807, 2.05) is 54.6 Å². The Morgan fingerprint density at radius 1 is 1.05 bits per heavy atom. The second-order valence-corrected chi connectivity index (χ2v) is 5.75. The van der Waals surface area contributed by atoms with E-state index in [0.29, 0.717) is 5.69 Å². The molecule has 1 atom stereocenters. The topological polar surface area (TPSA) is 58.2 Å². The molecule has 114 valence electrons. The lowest BCUT2D eigenvalue weighted by atomic mass is 10.0. The molecule has 0 aromatic heterocycles. The van der Waals surface area contributed by atoms with Gasteiger partial charge in [0.25, 0.3) is 0 Å². The average molecular weight is 361 g/mol. The van der Waals surface area contributed by atoms with Gasteiger partial charge in [0.05, 0.1) is 18.2 Å². The Hall–Kier alpha value is -2.14. The molecular weight excluding hydrogens is 344 g/mol. The summed E-state index contributed by atoms with van der Waals surface area (Å²) < 4.78 is 0.819. The van der Waals surface area contributed by atoms with E-state index in [0.717, 1.165) is 10.0 Å². The lowest BCUT2D eigenvalue weighted by Crippen LogP contribution is -2.29. The van der Waals surface area contributed by atoms with Crippen LogP contribution >= 0.6 is 15.9 Å². The Kier molecular flexibility index (Phi) is 5.72. The summed E-state index contributed by atoms with van der Waals surface area (Å²) >= 11 is 3.39. The molecule has 2 N–H and O–H groups in total. The molecule has 0 spiro atoms. The number of hydrogen-bond acceptors (Lipinski definition) is 2. The van der Waals surface area contributed by atoms with E-state index in [1.54, 1.807) is 0 Å². The van der Waals surface area contributed by atoms with Crippen LogP contribution < -0.4 is 10.6 Å². The number of carbonyl (C=O) groups is 2. The molecule has 0 bridgehead atoms. The predicted octanol–water partition coefficient (Wildman–Crippen LogP) is 3.66. The van der Waals surface area contributed by atoms with Crippen molar-refractivity contribution in [3.8, 4) is 0 Å². The largest absolute Gasteiger partial charge is 0.349 e. The molecule has 2 aromatic carbocycles. The standard InChI is InChI=1S/C17H17BrN2O2/c1-12(21)19-16(13-7-3-2-4-8-13)11-17(22)20-15-10-6-5-9-14(15)18/h2-10,16H,11H2,1H3,(H,19,21)(H,20,22)/t16-/m1/s1. The van der Waals surface area contributed by atoms with E-state index in [2.05, 4.69) is 26.6 Å². The number of carbonyl (C=O) groups excluding carboxylic acids is 2.